The van der Waals surface area contributed by atoms with Crippen molar-refractivity contribution in [3.8, 4) is 17.6 Å². The van der Waals surface area contributed by atoms with E-state index in [9.17, 15) is 5.26 Å². The number of aryl methyl sites for hydroxylation is 1. The molecular formula is C23H17N5O. The first-order chi connectivity index (χ1) is 14.2. The van der Waals surface area contributed by atoms with Crippen LogP contribution in [0.15, 0.2) is 78.4 Å². The van der Waals surface area contributed by atoms with Gasteiger partial charge in [-0.25, -0.2) is 4.68 Å². The molecule has 0 saturated carbocycles. The van der Waals surface area contributed by atoms with E-state index in [1.54, 1.807) is 17.1 Å². The quantitative estimate of drug-likeness (QED) is 0.570. The van der Waals surface area contributed by atoms with Gasteiger partial charge in [0.05, 0.1) is 22.9 Å². The number of benzene rings is 2. The van der Waals surface area contributed by atoms with Crippen LogP contribution in [0.25, 0.3) is 16.5 Å². The highest BCUT2D eigenvalue weighted by molar-refractivity contribution is 5.84. The molecule has 0 fully saturated rings. The van der Waals surface area contributed by atoms with Gasteiger partial charge >= 0.3 is 0 Å². The van der Waals surface area contributed by atoms with E-state index in [1.807, 2.05) is 37.3 Å². The highest BCUT2D eigenvalue weighted by Crippen LogP contribution is 2.44. The standard InChI is InChI=1S/C23H17N5O/c1-14-20-21(16-8-10-26-11-9-16)19(13-24)22(25)29-23(20)28(27-14)18-7-6-15-4-2-3-5-17(15)12-18/h2-12,21H,25H2,1H3. The summed E-state index contributed by atoms with van der Waals surface area (Å²) in [5.41, 5.74) is 9.96. The number of pyridine rings is 1. The molecule has 140 valence electrons. The number of hydrogen-bond donors (Lipinski definition) is 1. The molecule has 0 amide bonds. The number of hydrogen-bond acceptors (Lipinski definition) is 5. The molecule has 3 heterocycles. The molecular weight excluding hydrogens is 362 g/mol. The van der Waals surface area contributed by atoms with Crippen molar-refractivity contribution in [2.45, 2.75) is 12.8 Å². The van der Waals surface area contributed by atoms with Crippen molar-refractivity contribution in [3.63, 3.8) is 0 Å². The summed E-state index contributed by atoms with van der Waals surface area (Å²) in [5, 5.41) is 16.7. The summed E-state index contributed by atoms with van der Waals surface area (Å²) in [5.74, 6) is 0.292. The van der Waals surface area contributed by atoms with Crippen LogP contribution in [0, 0.1) is 18.3 Å². The van der Waals surface area contributed by atoms with Gasteiger partial charge in [-0.3, -0.25) is 4.98 Å². The van der Waals surface area contributed by atoms with E-state index >= 15 is 0 Å². The Morgan fingerprint density at radius 2 is 1.83 bits per heavy atom. The van der Waals surface area contributed by atoms with Gasteiger partial charge in [-0.1, -0.05) is 30.3 Å². The summed E-state index contributed by atoms with van der Waals surface area (Å²) >= 11 is 0. The smallest absolute Gasteiger partial charge is 0.229 e. The Morgan fingerprint density at radius 1 is 1.07 bits per heavy atom. The molecule has 0 saturated heterocycles. The van der Waals surface area contributed by atoms with Crippen molar-refractivity contribution < 1.29 is 4.74 Å². The third-order valence-electron chi connectivity index (χ3n) is 5.25. The van der Waals surface area contributed by atoms with E-state index in [0.29, 0.717) is 11.5 Å². The van der Waals surface area contributed by atoms with Crippen molar-refractivity contribution in [1.29, 1.82) is 5.26 Å². The minimum atomic E-state index is -0.346. The Bertz CT molecular complexity index is 1310. The molecule has 2 aromatic carbocycles. The SMILES string of the molecule is Cc1nn(-c2ccc3ccccc3c2)c2c1C(c1ccncc1)C(C#N)=C(N)O2. The first-order valence-corrected chi connectivity index (χ1v) is 9.23. The number of ether oxygens (including phenoxy) is 1. The number of allylic oxidation sites excluding steroid dienone is 1. The third kappa shape index (κ3) is 2.64. The van der Waals surface area contributed by atoms with Crippen LogP contribution in [0.1, 0.15) is 22.7 Å². The van der Waals surface area contributed by atoms with Gasteiger partial charge in [0.25, 0.3) is 0 Å². The maximum absolute atomic E-state index is 9.74. The molecule has 0 spiro atoms. The van der Waals surface area contributed by atoms with Crippen LogP contribution >= 0.6 is 0 Å². The first kappa shape index (κ1) is 17.0. The topological polar surface area (TPSA) is 89.8 Å². The van der Waals surface area contributed by atoms with E-state index in [1.165, 1.54) is 0 Å². The lowest BCUT2D eigenvalue weighted by atomic mass is 9.84. The molecule has 6 heteroatoms. The first-order valence-electron chi connectivity index (χ1n) is 9.23. The molecule has 29 heavy (non-hydrogen) atoms. The van der Waals surface area contributed by atoms with Gasteiger partial charge in [-0.05, 0) is 47.5 Å². The number of nitriles is 1. The second kappa shape index (κ2) is 6.50. The molecule has 1 atom stereocenters. The fourth-order valence-corrected chi connectivity index (χ4v) is 3.89. The maximum Gasteiger partial charge on any atom is 0.229 e. The highest BCUT2D eigenvalue weighted by Gasteiger charge is 2.36. The van der Waals surface area contributed by atoms with Crippen LogP contribution in [0.5, 0.6) is 5.88 Å². The molecule has 0 aliphatic carbocycles. The normalized spacial score (nSPS) is 15.7. The summed E-state index contributed by atoms with van der Waals surface area (Å²) in [6, 6.07) is 20.2. The summed E-state index contributed by atoms with van der Waals surface area (Å²) in [6.07, 6.45) is 3.41. The molecule has 1 aliphatic heterocycles. The fraction of sp³-hybridized carbons (Fsp3) is 0.0870. The summed E-state index contributed by atoms with van der Waals surface area (Å²) < 4.78 is 7.68. The van der Waals surface area contributed by atoms with Crippen molar-refractivity contribution in [3.05, 3.63) is 95.3 Å². The van der Waals surface area contributed by atoms with Crippen LogP contribution in [-0.2, 0) is 0 Å². The van der Waals surface area contributed by atoms with Gasteiger partial charge in [0.15, 0.2) is 0 Å². The van der Waals surface area contributed by atoms with E-state index in [4.69, 9.17) is 15.6 Å². The van der Waals surface area contributed by atoms with Crippen LogP contribution < -0.4 is 10.5 Å². The van der Waals surface area contributed by atoms with E-state index in [2.05, 4.69) is 35.3 Å². The monoisotopic (exact) mass is 379 g/mol. The van der Waals surface area contributed by atoms with E-state index in [0.717, 1.165) is 33.3 Å². The predicted molar refractivity (Wildman–Crippen MR) is 109 cm³/mol. The molecule has 0 bridgehead atoms. The zero-order valence-electron chi connectivity index (χ0n) is 15.7. The van der Waals surface area contributed by atoms with Gasteiger partial charge < -0.3 is 10.5 Å². The van der Waals surface area contributed by atoms with Crippen LogP contribution in [-0.4, -0.2) is 14.8 Å². The zero-order valence-corrected chi connectivity index (χ0v) is 15.7. The minimum absolute atomic E-state index is 0.101. The lowest BCUT2D eigenvalue weighted by Gasteiger charge is -2.24. The third-order valence-corrected chi connectivity index (χ3v) is 5.25. The summed E-state index contributed by atoms with van der Waals surface area (Å²) in [4.78, 5) is 4.09. The van der Waals surface area contributed by atoms with Crippen molar-refractivity contribution in [2.24, 2.45) is 5.73 Å². The highest BCUT2D eigenvalue weighted by atomic mass is 16.5. The second-order valence-corrected chi connectivity index (χ2v) is 6.95. The predicted octanol–water partition coefficient (Wildman–Crippen LogP) is 3.95. The average molecular weight is 379 g/mol. The summed E-state index contributed by atoms with van der Waals surface area (Å²) in [6.45, 7) is 1.92. The van der Waals surface area contributed by atoms with Crippen LogP contribution in [0.3, 0.4) is 0 Å². The second-order valence-electron chi connectivity index (χ2n) is 6.95. The minimum Gasteiger partial charge on any atom is -0.422 e. The number of fused-ring (bicyclic) bond motifs is 2. The van der Waals surface area contributed by atoms with Gasteiger partial charge in [0.1, 0.15) is 11.6 Å². The number of nitrogens with zero attached hydrogens (tertiary/aromatic N) is 4. The van der Waals surface area contributed by atoms with Crippen molar-refractivity contribution >= 4 is 10.8 Å². The lowest BCUT2D eigenvalue weighted by Crippen LogP contribution is -2.22. The van der Waals surface area contributed by atoms with Crippen LogP contribution in [0.4, 0.5) is 0 Å². The molecule has 2 aromatic heterocycles. The van der Waals surface area contributed by atoms with E-state index < -0.39 is 0 Å². The maximum atomic E-state index is 9.74. The van der Waals surface area contributed by atoms with Gasteiger partial charge in [-0.15, -0.1) is 0 Å². The molecule has 0 radical (unpaired) electrons. The number of rotatable bonds is 2. The molecule has 6 nitrogen and oxygen atoms in total. The molecule has 1 aliphatic rings. The van der Waals surface area contributed by atoms with E-state index in [-0.39, 0.29) is 11.8 Å². The van der Waals surface area contributed by atoms with Crippen LogP contribution in [0.2, 0.25) is 0 Å². The fourth-order valence-electron chi connectivity index (χ4n) is 3.89. The Morgan fingerprint density at radius 3 is 2.59 bits per heavy atom. The lowest BCUT2D eigenvalue weighted by molar-refractivity contribution is 0.367. The molecule has 5 rings (SSSR count). The van der Waals surface area contributed by atoms with Gasteiger partial charge in [-0.2, -0.15) is 10.4 Å². The largest absolute Gasteiger partial charge is 0.422 e. The zero-order chi connectivity index (χ0) is 20.0. The Kier molecular flexibility index (Phi) is 3.81. The van der Waals surface area contributed by atoms with Gasteiger partial charge in [0, 0.05) is 12.4 Å². The average Bonchev–Trinajstić information content (AvgIpc) is 3.08. The van der Waals surface area contributed by atoms with Gasteiger partial charge in [0.2, 0.25) is 11.8 Å². The summed E-state index contributed by atoms with van der Waals surface area (Å²) in [7, 11) is 0. The molecule has 2 N–H and O–H groups in total. The van der Waals surface area contributed by atoms with Crippen molar-refractivity contribution in [1.82, 2.24) is 14.8 Å². The molecule has 4 aromatic rings. The Labute approximate surface area is 167 Å². The molecule has 1 unspecified atom stereocenters. The number of aromatic nitrogens is 3. The Hall–Kier alpha value is -4.11. The number of nitrogens with two attached hydrogens (primary N) is 1. The van der Waals surface area contributed by atoms with Crippen molar-refractivity contribution in [2.75, 3.05) is 0 Å². The Balaban J connectivity index is 1.73.